The molecule has 1 saturated carbocycles. The molecule has 1 aromatic heterocycles. The van der Waals surface area contributed by atoms with Crippen molar-refractivity contribution >= 4 is 35.6 Å². The van der Waals surface area contributed by atoms with Gasteiger partial charge < -0.3 is 9.80 Å². The molecule has 3 rings (SSSR count). The molecule has 2 heterocycles. The number of likely N-dealkylation sites (N-methyl/N-ethyl adjacent to an activating group) is 1. The summed E-state index contributed by atoms with van der Waals surface area (Å²) in [6.45, 7) is 3.15. The summed E-state index contributed by atoms with van der Waals surface area (Å²) in [5, 5.41) is 9.92. The van der Waals surface area contributed by atoms with Gasteiger partial charge in [-0.15, -0.1) is 0 Å². The summed E-state index contributed by atoms with van der Waals surface area (Å²) in [5.74, 6) is -1.35. The van der Waals surface area contributed by atoms with Gasteiger partial charge in [-0.3, -0.25) is 25.6 Å². The molecule has 1 aliphatic carbocycles. The first-order chi connectivity index (χ1) is 15.7. The third kappa shape index (κ3) is 6.42. The van der Waals surface area contributed by atoms with Crippen molar-refractivity contribution in [1.82, 2.24) is 25.4 Å². The van der Waals surface area contributed by atoms with Crippen LogP contribution in [0.4, 0.5) is 16.0 Å². The lowest BCUT2D eigenvalue weighted by Crippen LogP contribution is -2.41. The summed E-state index contributed by atoms with van der Waals surface area (Å²) >= 11 is 6.06. The van der Waals surface area contributed by atoms with Gasteiger partial charge in [-0.2, -0.15) is 14.4 Å². The predicted octanol–water partition coefficient (Wildman–Crippen LogP) is 2.14. The van der Waals surface area contributed by atoms with Gasteiger partial charge in [0.25, 0.3) is 0 Å². The lowest BCUT2D eigenvalue weighted by molar-refractivity contribution is -0.154. The van der Waals surface area contributed by atoms with Crippen LogP contribution in [0.1, 0.15) is 39.0 Å². The molecule has 2 amide bonds. The average molecular weight is 486 g/mol. The van der Waals surface area contributed by atoms with Crippen molar-refractivity contribution in [3.05, 3.63) is 11.1 Å². The van der Waals surface area contributed by atoms with E-state index in [1.807, 2.05) is 19.0 Å². The Hall–Kier alpha value is -2.24. The van der Waals surface area contributed by atoms with Crippen LogP contribution in [0, 0.1) is 23.6 Å². The molecule has 1 aliphatic heterocycles. The van der Waals surface area contributed by atoms with E-state index in [1.165, 1.54) is 0 Å². The Morgan fingerprint density at radius 1 is 1.33 bits per heavy atom. The number of hydrogen-bond acceptors (Lipinski definition) is 8. The molecule has 33 heavy (non-hydrogen) atoms. The molecule has 0 bridgehead atoms. The van der Waals surface area contributed by atoms with Crippen molar-refractivity contribution in [2.75, 3.05) is 44.1 Å². The van der Waals surface area contributed by atoms with Crippen LogP contribution in [0.25, 0.3) is 0 Å². The molecule has 3 N–H and O–H groups in total. The van der Waals surface area contributed by atoms with Gasteiger partial charge in [0.15, 0.2) is 11.6 Å². The summed E-state index contributed by atoms with van der Waals surface area (Å²) in [4.78, 5) is 35.6. The lowest BCUT2D eigenvalue weighted by atomic mass is 9.92. The average Bonchev–Trinajstić information content (AvgIpc) is 3.42. The molecule has 0 unspecified atom stereocenters. The van der Waals surface area contributed by atoms with Crippen molar-refractivity contribution in [3.63, 3.8) is 0 Å². The third-order valence-corrected chi connectivity index (χ3v) is 6.81. The molecule has 3 atom stereocenters. The number of aromatic nitrogens is 2. The van der Waals surface area contributed by atoms with E-state index in [0.29, 0.717) is 36.4 Å². The number of amides is 2. The maximum atomic E-state index is 15.3. The number of hydrogen-bond donors (Lipinski definition) is 3. The van der Waals surface area contributed by atoms with E-state index in [9.17, 15) is 14.8 Å². The quantitative estimate of drug-likeness (QED) is 0.200. The number of anilines is 2. The number of carbonyl (C=O) groups is 2. The fraction of sp³-hybridized carbons (Fsp3) is 0.714. The molecular weight excluding hydrogens is 453 g/mol. The molecule has 12 heteroatoms. The van der Waals surface area contributed by atoms with Gasteiger partial charge >= 0.3 is 0 Å². The minimum absolute atomic E-state index is 0.0768. The van der Waals surface area contributed by atoms with E-state index in [0.717, 1.165) is 25.7 Å². The predicted molar refractivity (Wildman–Crippen MR) is 122 cm³/mol. The zero-order valence-corrected chi connectivity index (χ0v) is 20.1. The number of hydroxylamine groups is 2. The minimum Gasteiger partial charge on any atom is -0.352 e. The van der Waals surface area contributed by atoms with Crippen LogP contribution >= 0.6 is 11.6 Å². The van der Waals surface area contributed by atoms with Crippen LogP contribution in [0.5, 0.6) is 0 Å². The van der Waals surface area contributed by atoms with Crippen LogP contribution < -0.4 is 15.8 Å². The zero-order chi connectivity index (χ0) is 24.1. The molecule has 0 aromatic carbocycles. The SMILES string of the molecule is C[C@H]1CN(c2nc(Cl)nc(NNC(=O)[C@H](CC3CCCC3)CN(O)C=O)c2F)C[C@H]1N(C)C. The molecule has 2 aliphatic rings. The number of carbonyl (C=O) groups excluding carboxylic acids is 2. The number of nitrogens with zero attached hydrogens (tertiary/aromatic N) is 5. The van der Waals surface area contributed by atoms with Crippen molar-refractivity contribution in [1.29, 1.82) is 0 Å². The van der Waals surface area contributed by atoms with Gasteiger partial charge in [-0.1, -0.05) is 32.6 Å². The number of rotatable bonds is 10. The van der Waals surface area contributed by atoms with Gasteiger partial charge in [0, 0.05) is 19.1 Å². The topological polar surface area (TPSA) is 114 Å². The maximum Gasteiger partial charge on any atom is 0.243 e. The molecular formula is C21H33ClFN7O3. The second-order valence-corrected chi connectivity index (χ2v) is 9.65. The third-order valence-electron chi connectivity index (χ3n) is 6.64. The standard InChI is InChI=1S/C21H33ClFN7O3/c1-13-9-29(11-16(13)28(2)3)19-17(23)18(24-21(22)25-19)26-27-20(32)15(10-30(33)12-31)8-14-6-4-5-7-14/h12-16,33H,4-11H2,1-3H3,(H,27,32)(H,24,25,26)/t13-,15+,16+/m0/s1. The van der Waals surface area contributed by atoms with E-state index in [1.54, 1.807) is 0 Å². The van der Waals surface area contributed by atoms with Crippen LogP contribution in [-0.4, -0.2) is 77.2 Å². The second kappa shape index (κ2) is 11.3. The second-order valence-electron chi connectivity index (χ2n) is 9.32. The number of nitrogens with one attached hydrogen (secondary N) is 2. The van der Waals surface area contributed by atoms with Crippen LogP contribution in [0.2, 0.25) is 5.28 Å². The first-order valence-electron chi connectivity index (χ1n) is 11.3. The van der Waals surface area contributed by atoms with Gasteiger partial charge in [-0.05, 0) is 44.0 Å². The molecule has 1 aromatic rings. The van der Waals surface area contributed by atoms with E-state index < -0.39 is 17.6 Å². The highest BCUT2D eigenvalue weighted by molar-refractivity contribution is 6.28. The first-order valence-corrected chi connectivity index (χ1v) is 11.7. The van der Waals surface area contributed by atoms with E-state index in [4.69, 9.17) is 11.6 Å². The summed E-state index contributed by atoms with van der Waals surface area (Å²) in [6.07, 6.45) is 5.00. The number of hydrazine groups is 1. The Balaban J connectivity index is 1.70. The smallest absolute Gasteiger partial charge is 0.243 e. The van der Waals surface area contributed by atoms with E-state index in [-0.39, 0.29) is 35.9 Å². The maximum absolute atomic E-state index is 15.3. The highest BCUT2D eigenvalue weighted by Gasteiger charge is 2.34. The van der Waals surface area contributed by atoms with Crippen molar-refractivity contribution < 1.29 is 19.2 Å². The van der Waals surface area contributed by atoms with Gasteiger partial charge in [-0.25, -0.2) is 5.06 Å². The van der Waals surface area contributed by atoms with Crippen LogP contribution in [0.15, 0.2) is 0 Å². The Morgan fingerprint density at radius 2 is 2.03 bits per heavy atom. The summed E-state index contributed by atoms with van der Waals surface area (Å²) in [7, 11) is 3.97. The van der Waals surface area contributed by atoms with Crippen molar-refractivity contribution in [3.8, 4) is 0 Å². The summed E-state index contributed by atoms with van der Waals surface area (Å²) in [6, 6.07) is 0.241. The Kier molecular flexibility index (Phi) is 8.66. The fourth-order valence-electron chi connectivity index (χ4n) is 4.90. The molecule has 0 spiro atoms. The largest absolute Gasteiger partial charge is 0.352 e. The molecule has 10 nitrogen and oxygen atoms in total. The fourth-order valence-corrected chi connectivity index (χ4v) is 5.07. The van der Waals surface area contributed by atoms with Crippen LogP contribution in [0.3, 0.4) is 0 Å². The molecule has 0 radical (unpaired) electrons. The monoisotopic (exact) mass is 485 g/mol. The molecule has 2 fully saturated rings. The van der Waals surface area contributed by atoms with E-state index in [2.05, 4.69) is 32.6 Å². The zero-order valence-electron chi connectivity index (χ0n) is 19.3. The highest BCUT2D eigenvalue weighted by atomic mass is 35.5. The highest BCUT2D eigenvalue weighted by Crippen LogP contribution is 2.32. The minimum atomic E-state index is -0.713. The Labute approximate surface area is 198 Å². The van der Waals surface area contributed by atoms with Gasteiger partial charge in [0.05, 0.1) is 12.5 Å². The summed E-state index contributed by atoms with van der Waals surface area (Å²) in [5.41, 5.74) is 4.99. The Bertz CT molecular complexity index is 840. The van der Waals surface area contributed by atoms with E-state index >= 15 is 4.39 Å². The normalized spacial score (nSPS) is 22.0. The van der Waals surface area contributed by atoms with Crippen molar-refractivity contribution in [2.45, 2.75) is 45.1 Å². The van der Waals surface area contributed by atoms with Crippen LogP contribution in [-0.2, 0) is 9.59 Å². The first kappa shape index (κ1) is 25.4. The van der Waals surface area contributed by atoms with Gasteiger partial charge in [0.2, 0.25) is 23.4 Å². The lowest BCUT2D eigenvalue weighted by Gasteiger charge is -2.24. The molecule has 184 valence electrons. The molecule has 1 saturated heterocycles. The van der Waals surface area contributed by atoms with Crippen molar-refractivity contribution in [2.24, 2.45) is 17.8 Å². The Morgan fingerprint density at radius 3 is 2.64 bits per heavy atom. The summed E-state index contributed by atoms with van der Waals surface area (Å²) < 4.78 is 15.3. The van der Waals surface area contributed by atoms with Gasteiger partial charge in [0.1, 0.15) is 0 Å². The number of halogens is 2.